The summed E-state index contributed by atoms with van der Waals surface area (Å²) in [5.74, 6) is 0.895. The summed E-state index contributed by atoms with van der Waals surface area (Å²) in [5.41, 5.74) is 2.38. The average molecular weight is 232 g/mol. The van der Waals surface area contributed by atoms with Crippen molar-refractivity contribution < 1.29 is 4.79 Å². The number of amides is 1. The van der Waals surface area contributed by atoms with Crippen LogP contribution in [0.25, 0.3) is 0 Å². The molecule has 1 aliphatic rings. The Morgan fingerprint density at radius 1 is 1.41 bits per heavy atom. The molecular weight excluding hydrogens is 212 g/mol. The van der Waals surface area contributed by atoms with Crippen molar-refractivity contribution in [1.29, 1.82) is 0 Å². The second-order valence-electron chi connectivity index (χ2n) is 4.84. The number of hydrogen-bond donors (Lipinski definition) is 2. The summed E-state index contributed by atoms with van der Waals surface area (Å²) in [4.78, 5) is 11.5. The third-order valence-corrected chi connectivity index (χ3v) is 2.99. The van der Waals surface area contributed by atoms with Crippen LogP contribution in [0, 0.1) is 12.8 Å². The molecule has 2 N–H and O–H groups in total. The van der Waals surface area contributed by atoms with Gasteiger partial charge in [-0.3, -0.25) is 4.79 Å². The molecule has 17 heavy (non-hydrogen) atoms. The molecule has 0 heterocycles. The first-order valence-corrected chi connectivity index (χ1v) is 6.27. The fraction of sp³-hybridized carbons (Fsp3) is 0.500. The van der Waals surface area contributed by atoms with Gasteiger partial charge < -0.3 is 10.6 Å². The Morgan fingerprint density at radius 2 is 2.24 bits per heavy atom. The van der Waals surface area contributed by atoms with Crippen molar-refractivity contribution in [2.45, 2.75) is 26.3 Å². The molecule has 2 rings (SSSR count). The van der Waals surface area contributed by atoms with Crippen LogP contribution in [0.5, 0.6) is 0 Å². The minimum Gasteiger partial charge on any atom is -0.351 e. The molecule has 1 saturated carbocycles. The third-order valence-electron chi connectivity index (χ3n) is 2.99. The Kier molecular flexibility index (Phi) is 4.15. The van der Waals surface area contributed by atoms with Crippen LogP contribution in [-0.2, 0) is 11.3 Å². The first kappa shape index (κ1) is 12.1. The van der Waals surface area contributed by atoms with Gasteiger partial charge in [-0.05, 0) is 37.8 Å². The van der Waals surface area contributed by atoms with Crippen LogP contribution < -0.4 is 10.6 Å². The first-order chi connectivity index (χ1) is 8.24. The highest BCUT2D eigenvalue weighted by molar-refractivity contribution is 5.77. The molecule has 0 atom stereocenters. The predicted molar refractivity (Wildman–Crippen MR) is 68.6 cm³/mol. The maximum absolute atomic E-state index is 11.5. The van der Waals surface area contributed by atoms with Gasteiger partial charge in [-0.15, -0.1) is 0 Å². The molecular formula is C14H20N2O. The van der Waals surface area contributed by atoms with Gasteiger partial charge in [0.2, 0.25) is 5.91 Å². The van der Waals surface area contributed by atoms with E-state index in [1.165, 1.54) is 18.4 Å². The molecule has 0 unspecified atom stereocenters. The van der Waals surface area contributed by atoms with E-state index in [1.807, 2.05) is 12.1 Å². The van der Waals surface area contributed by atoms with E-state index in [0.717, 1.165) is 18.0 Å². The topological polar surface area (TPSA) is 41.1 Å². The molecule has 3 heteroatoms. The van der Waals surface area contributed by atoms with Gasteiger partial charge in [0.1, 0.15) is 0 Å². The van der Waals surface area contributed by atoms with E-state index in [9.17, 15) is 4.79 Å². The van der Waals surface area contributed by atoms with Gasteiger partial charge in [0.05, 0.1) is 6.54 Å². The molecule has 0 radical (unpaired) electrons. The van der Waals surface area contributed by atoms with Gasteiger partial charge in [-0.25, -0.2) is 0 Å². The van der Waals surface area contributed by atoms with Gasteiger partial charge in [0.15, 0.2) is 0 Å². The highest BCUT2D eigenvalue weighted by atomic mass is 16.1. The van der Waals surface area contributed by atoms with Crippen molar-refractivity contribution in [1.82, 2.24) is 10.6 Å². The Hall–Kier alpha value is -1.35. The minimum atomic E-state index is 0.0761. The zero-order chi connectivity index (χ0) is 12.1. The fourth-order valence-corrected chi connectivity index (χ4v) is 1.80. The highest BCUT2D eigenvalue weighted by Crippen LogP contribution is 2.27. The number of aryl methyl sites for hydroxylation is 1. The highest BCUT2D eigenvalue weighted by Gasteiger charge is 2.20. The minimum absolute atomic E-state index is 0.0761. The van der Waals surface area contributed by atoms with E-state index in [0.29, 0.717) is 13.1 Å². The van der Waals surface area contributed by atoms with E-state index < -0.39 is 0 Å². The predicted octanol–water partition coefficient (Wildman–Crippen LogP) is 1.61. The molecule has 1 aromatic rings. The Balaban J connectivity index is 1.64. The molecule has 1 aromatic carbocycles. The first-order valence-electron chi connectivity index (χ1n) is 6.27. The zero-order valence-corrected chi connectivity index (χ0v) is 10.3. The van der Waals surface area contributed by atoms with Gasteiger partial charge in [0, 0.05) is 6.54 Å². The molecule has 0 bridgehead atoms. The number of benzene rings is 1. The number of rotatable bonds is 6. The largest absolute Gasteiger partial charge is 0.351 e. The number of carbonyl (C=O) groups excluding carboxylic acids is 1. The van der Waals surface area contributed by atoms with Crippen LogP contribution >= 0.6 is 0 Å². The van der Waals surface area contributed by atoms with E-state index >= 15 is 0 Å². The van der Waals surface area contributed by atoms with Crippen LogP contribution in [-0.4, -0.2) is 19.0 Å². The van der Waals surface area contributed by atoms with Crippen molar-refractivity contribution in [3.05, 3.63) is 35.4 Å². The number of nitrogens with one attached hydrogen (secondary N) is 2. The summed E-state index contributed by atoms with van der Waals surface area (Å²) in [7, 11) is 0. The lowest BCUT2D eigenvalue weighted by Gasteiger charge is -2.07. The summed E-state index contributed by atoms with van der Waals surface area (Å²) in [6.45, 7) is 4.09. The summed E-state index contributed by atoms with van der Waals surface area (Å²) in [6, 6.07) is 8.20. The van der Waals surface area contributed by atoms with E-state index in [4.69, 9.17) is 0 Å². The smallest absolute Gasteiger partial charge is 0.234 e. The summed E-state index contributed by atoms with van der Waals surface area (Å²) < 4.78 is 0. The van der Waals surface area contributed by atoms with E-state index in [1.54, 1.807) is 0 Å². The lowest BCUT2D eigenvalue weighted by molar-refractivity contribution is -0.120. The number of carbonyl (C=O) groups is 1. The van der Waals surface area contributed by atoms with E-state index in [2.05, 4.69) is 29.7 Å². The van der Waals surface area contributed by atoms with Crippen LogP contribution in [0.3, 0.4) is 0 Å². The summed E-state index contributed by atoms with van der Waals surface area (Å²) in [5, 5.41) is 6.10. The molecule has 0 spiro atoms. The second-order valence-corrected chi connectivity index (χ2v) is 4.84. The molecule has 0 aromatic heterocycles. The maximum Gasteiger partial charge on any atom is 0.234 e. The normalized spacial score (nSPS) is 14.6. The molecule has 1 fully saturated rings. The van der Waals surface area contributed by atoms with Gasteiger partial charge in [-0.2, -0.15) is 0 Å². The van der Waals surface area contributed by atoms with Crippen LogP contribution in [0.1, 0.15) is 24.0 Å². The summed E-state index contributed by atoms with van der Waals surface area (Å²) in [6.07, 6.45) is 2.63. The van der Waals surface area contributed by atoms with Crippen LogP contribution in [0.15, 0.2) is 24.3 Å². The molecule has 92 valence electrons. The van der Waals surface area contributed by atoms with Crippen LogP contribution in [0.4, 0.5) is 0 Å². The zero-order valence-electron chi connectivity index (χ0n) is 10.3. The van der Waals surface area contributed by atoms with Crippen molar-refractivity contribution in [3.8, 4) is 0 Å². The lowest BCUT2D eigenvalue weighted by atomic mass is 10.1. The Bertz CT molecular complexity index is 386. The monoisotopic (exact) mass is 232 g/mol. The molecule has 0 aliphatic heterocycles. The van der Waals surface area contributed by atoms with Crippen molar-refractivity contribution >= 4 is 5.91 Å². The van der Waals surface area contributed by atoms with E-state index in [-0.39, 0.29) is 5.91 Å². The lowest BCUT2D eigenvalue weighted by Crippen LogP contribution is -2.34. The maximum atomic E-state index is 11.5. The standard InChI is InChI=1S/C14H20N2O/c1-11-3-2-4-13(7-11)9-16-14(17)10-15-8-12-5-6-12/h2-4,7,12,15H,5-6,8-10H2,1H3,(H,16,17). The second kappa shape index (κ2) is 5.82. The molecule has 0 saturated heterocycles. The van der Waals surface area contributed by atoms with Crippen molar-refractivity contribution in [2.75, 3.05) is 13.1 Å². The third kappa shape index (κ3) is 4.57. The Morgan fingerprint density at radius 3 is 2.94 bits per heavy atom. The average Bonchev–Trinajstić information content (AvgIpc) is 3.11. The van der Waals surface area contributed by atoms with Crippen LogP contribution in [0.2, 0.25) is 0 Å². The van der Waals surface area contributed by atoms with Gasteiger partial charge in [0.25, 0.3) is 0 Å². The number of hydrogen-bond acceptors (Lipinski definition) is 2. The SMILES string of the molecule is Cc1cccc(CNC(=O)CNCC2CC2)c1. The fourth-order valence-electron chi connectivity index (χ4n) is 1.80. The quantitative estimate of drug-likeness (QED) is 0.782. The summed E-state index contributed by atoms with van der Waals surface area (Å²) >= 11 is 0. The van der Waals surface area contributed by atoms with Crippen molar-refractivity contribution in [2.24, 2.45) is 5.92 Å². The molecule has 1 aliphatic carbocycles. The van der Waals surface area contributed by atoms with Crippen molar-refractivity contribution in [3.63, 3.8) is 0 Å². The molecule has 1 amide bonds. The van der Waals surface area contributed by atoms with Gasteiger partial charge in [-0.1, -0.05) is 29.8 Å². The Labute approximate surface area is 103 Å². The molecule has 3 nitrogen and oxygen atoms in total. The van der Waals surface area contributed by atoms with Gasteiger partial charge >= 0.3 is 0 Å².